The minimum atomic E-state index is 1.05. The zero-order valence-corrected chi connectivity index (χ0v) is 30.4. The maximum Gasteiger partial charge on any atom is 0.0700 e. The molecular formula is C39H32Br2IN3. The summed E-state index contributed by atoms with van der Waals surface area (Å²) in [6.07, 6.45) is 1.05. The average molecular weight is 829 g/mol. The second kappa shape index (κ2) is 14.2. The second-order valence-electron chi connectivity index (χ2n) is 10.7. The van der Waals surface area contributed by atoms with E-state index in [0.29, 0.717) is 0 Å². The van der Waals surface area contributed by atoms with Crippen LogP contribution in [0, 0.1) is 3.57 Å². The summed E-state index contributed by atoms with van der Waals surface area (Å²) in [6.45, 7) is 0. The van der Waals surface area contributed by atoms with Gasteiger partial charge in [0.05, 0.1) is 28.4 Å². The monoisotopic (exact) mass is 827 g/mol. The van der Waals surface area contributed by atoms with Crippen LogP contribution in [0.1, 0.15) is 11.1 Å². The molecule has 45 heavy (non-hydrogen) atoms. The zero-order chi connectivity index (χ0) is 31.3. The van der Waals surface area contributed by atoms with Crippen molar-refractivity contribution in [1.82, 2.24) is 0 Å². The minimum Gasteiger partial charge on any atom is -0.344 e. The molecule has 0 atom stereocenters. The van der Waals surface area contributed by atoms with E-state index in [2.05, 4.69) is 205 Å². The summed E-state index contributed by atoms with van der Waals surface area (Å²) in [6, 6.07) is 50.7. The van der Waals surface area contributed by atoms with Gasteiger partial charge in [0, 0.05) is 44.4 Å². The van der Waals surface area contributed by atoms with Gasteiger partial charge in [0.1, 0.15) is 0 Å². The third kappa shape index (κ3) is 6.69. The van der Waals surface area contributed by atoms with Crippen molar-refractivity contribution in [2.24, 2.45) is 0 Å². The van der Waals surface area contributed by atoms with Gasteiger partial charge in [-0.25, -0.2) is 0 Å². The summed E-state index contributed by atoms with van der Waals surface area (Å²) in [5.41, 5.74) is 11.4. The number of benzene rings is 6. The van der Waals surface area contributed by atoms with Gasteiger partial charge in [-0.2, -0.15) is 0 Å². The molecule has 0 bridgehead atoms. The molecule has 0 N–H and O–H groups in total. The summed E-state index contributed by atoms with van der Waals surface area (Å²) in [5.74, 6) is 0. The van der Waals surface area contributed by atoms with Crippen molar-refractivity contribution in [2.75, 3.05) is 28.8 Å². The van der Waals surface area contributed by atoms with Crippen LogP contribution in [0.15, 0.2) is 155 Å². The highest BCUT2D eigenvalue weighted by molar-refractivity contribution is 14.1. The van der Waals surface area contributed by atoms with Gasteiger partial charge in [-0.15, -0.1) is 0 Å². The molecular weight excluding hydrogens is 797 g/mol. The van der Waals surface area contributed by atoms with Gasteiger partial charge < -0.3 is 14.7 Å². The van der Waals surface area contributed by atoms with E-state index in [9.17, 15) is 0 Å². The van der Waals surface area contributed by atoms with Crippen LogP contribution in [0.3, 0.4) is 0 Å². The Labute approximate surface area is 296 Å². The first-order valence-electron chi connectivity index (χ1n) is 14.7. The first kappa shape index (κ1) is 31.4. The highest BCUT2D eigenvalue weighted by Gasteiger charge is 2.27. The first-order chi connectivity index (χ1) is 21.9. The van der Waals surface area contributed by atoms with Gasteiger partial charge >= 0.3 is 0 Å². The Bertz CT molecular complexity index is 1830. The van der Waals surface area contributed by atoms with Crippen molar-refractivity contribution in [1.29, 1.82) is 0 Å². The number of hydrogen-bond acceptors (Lipinski definition) is 3. The molecule has 6 aromatic rings. The number of halogens is 3. The van der Waals surface area contributed by atoms with Gasteiger partial charge in [-0.1, -0.05) is 84.9 Å². The van der Waals surface area contributed by atoms with Gasteiger partial charge in [-0.05, 0) is 126 Å². The number of anilines is 7. The molecule has 0 fully saturated rings. The molecule has 2 heterocycles. The fraction of sp³-hybridized carbons (Fsp3) is 0.0769. The first-order valence-corrected chi connectivity index (χ1v) is 17.4. The van der Waals surface area contributed by atoms with Crippen LogP contribution in [-0.4, -0.2) is 14.1 Å². The van der Waals surface area contributed by atoms with Crippen molar-refractivity contribution in [3.05, 3.63) is 169 Å². The average Bonchev–Trinajstić information content (AvgIpc) is 3.08. The lowest BCUT2D eigenvalue weighted by atomic mass is 9.96. The lowest BCUT2D eigenvalue weighted by molar-refractivity contribution is 1.06. The third-order valence-electron chi connectivity index (χ3n) is 7.97. The van der Waals surface area contributed by atoms with E-state index in [0.717, 1.165) is 16.6 Å². The topological polar surface area (TPSA) is 9.72 Å². The lowest BCUT2D eigenvalue weighted by Gasteiger charge is -2.38. The molecule has 2 aliphatic heterocycles. The fourth-order valence-electron chi connectivity index (χ4n) is 5.78. The molecule has 6 heteroatoms. The van der Waals surface area contributed by atoms with Crippen LogP contribution >= 0.6 is 54.5 Å². The maximum atomic E-state index is 3.70. The van der Waals surface area contributed by atoms with Crippen molar-refractivity contribution in [2.45, 2.75) is 6.42 Å². The smallest absolute Gasteiger partial charge is 0.0700 e. The van der Waals surface area contributed by atoms with Crippen LogP contribution < -0.4 is 14.7 Å². The largest absolute Gasteiger partial charge is 0.344 e. The molecule has 0 saturated heterocycles. The predicted octanol–water partition coefficient (Wildman–Crippen LogP) is 12.4. The van der Waals surface area contributed by atoms with Crippen LogP contribution in [-0.2, 0) is 6.42 Å². The Morgan fingerprint density at radius 3 is 1.22 bits per heavy atom. The molecule has 0 radical (unpaired) electrons. The third-order valence-corrected chi connectivity index (χ3v) is 11.0. The van der Waals surface area contributed by atoms with Crippen molar-refractivity contribution in [3.63, 3.8) is 0 Å². The molecule has 0 unspecified atom stereocenters. The highest BCUT2D eigenvalue weighted by atomic mass is 127. The van der Waals surface area contributed by atoms with E-state index in [1.807, 2.05) is 24.3 Å². The molecule has 0 saturated carbocycles. The summed E-state index contributed by atoms with van der Waals surface area (Å²) < 4.78 is 3.51. The van der Waals surface area contributed by atoms with Crippen LogP contribution in [0.2, 0.25) is 0 Å². The standard InChI is InChI=1S/C19H15BrN2.C14H13N.C6H4BrI/c1-21-16-10-4-6-12-18(16)22(15-9-3-2-8-14(15)20)19-13-7-5-11-17(19)21;1-15-13-8-4-2-6-11(13)10-12-7-3-5-9-14(12)15;7-5-3-1-2-4-6(5)8/h2-13H,1H3;2-9H,10H2,1H3;1-4H. The second-order valence-corrected chi connectivity index (χ2v) is 13.6. The zero-order valence-electron chi connectivity index (χ0n) is 25.0. The van der Waals surface area contributed by atoms with Crippen LogP contribution in [0.5, 0.6) is 0 Å². The summed E-state index contributed by atoms with van der Waals surface area (Å²) in [4.78, 5) is 6.83. The molecule has 0 amide bonds. The molecule has 0 spiro atoms. The highest BCUT2D eigenvalue weighted by Crippen LogP contribution is 2.51. The Morgan fingerprint density at radius 1 is 0.422 bits per heavy atom. The molecule has 0 aliphatic carbocycles. The predicted molar refractivity (Wildman–Crippen MR) is 207 cm³/mol. The number of para-hydroxylation sites is 7. The van der Waals surface area contributed by atoms with Gasteiger partial charge in [-0.3, -0.25) is 0 Å². The Kier molecular flexibility index (Phi) is 9.93. The van der Waals surface area contributed by atoms with E-state index in [-0.39, 0.29) is 0 Å². The molecule has 2 aliphatic rings. The molecule has 224 valence electrons. The number of hydrogen-bond donors (Lipinski definition) is 0. The normalized spacial score (nSPS) is 12.3. The molecule has 6 aromatic carbocycles. The van der Waals surface area contributed by atoms with Gasteiger partial charge in [0.25, 0.3) is 0 Å². The lowest BCUT2D eigenvalue weighted by Crippen LogP contribution is -2.24. The summed E-state index contributed by atoms with van der Waals surface area (Å²) >= 11 is 9.36. The molecule has 0 aromatic heterocycles. The Hall–Kier alpha value is -3.59. The maximum absolute atomic E-state index is 3.70. The minimum absolute atomic E-state index is 1.05. The van der Waals surface area contributed by atoms with Crippen molar-refractivity contribution >= 4 is 94.3 Å². The summed E-state index contributed by atoms with van der Waals surface area (Å²) in [5, 5.41) is 0. The SMILES string of the molecule is Brc1ccccc1I.CN1c2ccccc2Cc2ccccc21.CN1c2ccccc2N(c2ccccc2Br)c2ccccc21. The van der Waals surface area contributed by atoms with E-state index in [4.69, 9.17) is 0 Å². The molecule has 8 rings (SSSR count). The van der Waals surface area contributed by atoms with Crippen LogP contribution in [0.4, 0.5) is 39.8 Å². The number of rotatable bonds is 1. The van der Waals surface area contributed by atoms with E-state index in [1.165, 1.54) is 53.3 Å². The van der Waals surface area contributed by atoms with Crippen molar-refractivity contribution in [3.8, 4) is 0 Å². The number of fused-ring (bicyclic) bond motifs is 4. The van der Waals surface area contributed by atoms with E-state index >= 15 is 0 Å². The van der Waals surface area contributed by atoms with Crippen molar-refractivity contribution < 1.29 is 0 Å². The summed E-state index contributed by atoms with van der Waals surface area (Å²) in [7, 11) is 4.26. The Morgan fingerprint density at radius 2 is 0.778 bits per heavy atom. The molecule has 3 nitrogen and oxygen atoms in total. The number of nitrogens with zero attached hydrogens (tertiary/aromatic N) is 3. The fourth-order valence-corrected chi connectivity index (χ4v) is 6.91. The van der Waals surface area contributed by atoms with Crippen LogP contribution in [0.25, 0.3) is 0 Å². The quantitative estimate of drug-likeness (QED) is 0.153. The van der Waals surface area contributed by atoms with Gasteiger partial charge in [0.2, 0.25) is 0 Å². The van der Waals surface area contributed by atoms with E-state index in [1.54, 1.807) is 0 Å². The Balaban J connectivity index is 0.000000134. The van der Waals surface area contributed by atoms with Gasteiger partial charge in [0.15, 0.2) is 0 Å². The van der Waals surface area contributed by atoms with E-state index < -0.39 is 0 Å².